The Hall–Kier alpha value is -0.120. The fraction of sp³-hybridized carbons (Fsp3) is 1.00. The number of nitrogens with one attached hydrogen (secondary N) is 1. The second kappa shape index (κ2) is 4.40. The number of hydrogen-bond donors (Lipinski definition) is 1. The van der Waals surface area contributed by atoms with Gasteiger partial charge in [0.05, 0.1) is 0 Å². The summed E-state index contributed by atoms with van der Waals surface area (Å²) < 4.78 is 5.44. The maximum absolute atomic E-state index is 5.44. The molecule has 2 saturated heterocycles. The number of ether oxygens (including phenoxy) is 1. The number of rotatable bonds is 1. The molecule has 0 aromatic rings. The molecule has 0 amide bonds. The summed E-state index contributed by atoms with van der Waals surface area (Å²) in [5.74, 6) is 0. The first-order valence-electron chi connectivity index (χ1n) is 6.17. The lowest BCUT2D eigenvalue weighted by Gasteiger charge is -2.48. The van der Waals surface area contributed by atoms with E-state index in [-0.39, 0.29) is 5.54 Å². The summed E-state index contributed by atoms with van der Waals surface area (Å²) in [7, 11) is 0. The first-order valence-corrected chi connectivity index (χ1v) is 6.17. The van der Waals surface area contributed by atoms with Crippen molar-refractivity contribution in [1.29, 1.82) is 0 Å². The Labute approximate surface area is 93.2 Å². The molecule has 2 rings (SSSR count). The maximum Gasteiger partial charge on any atom is 0.0480 e. The van der Waals surface area contributed by atoms with Gasteiger partial charge in [-0.3, -0.25) is 4.90 Å². The van der Waals surface area contributed by atoms with Crippen molar-refractivity contribution in [2.24, 2.45) is 0 Å². The van der Waals surface area contributed by atoms with Crippen LogP contribution in [0.25, 0.3) is 0 Å². The molecular formula is C12H24N2O. The molecule has 1 unspecified atom stereocenters. The molecule has 0 saturated carbocycles. The average Bonchev–Trinajstić information content (AvgIpc) is 2.23. The molecule has 2 aliphatic heterocycles. The molecule has 0 spiro atoms. The molecule has 15 heavy (non-hydrogen) atoms. The van der Waals surface area contributed by atoms with Crippen molar-refractivity contribution in [2.75, 3.05) is 26.3 Å². The fourth-order valence-electron chi connectivity index (χ4n) is 2.72. The highest BCUT2D eigenvalue weighted by Crippen LogP contribution is 2.22. The smallest absolute Gasteiger partial charge is 0.0480 e. The Morgan fingerprint density at radius 3 is 2.60 bits per heavy atom. The van der Waals surface area contributed by atoms with Crippen LogP contribution in [0.1, 0.15) is 33.6 Å². The van der Waals surface area contributed by atoms with Crippen LogP contribution in [0.3, 0.4) is 0 Å². The minimum Gasteiger partial charge on any atom is -0.381 e. The van der Waals surface area contributed by atoms with Gasteiger partial charge in [0, 0.05) is 43.9 Å². The van der Waals surface area contributed by atoms with Crippen LogP contribution in [-0.2, 0) is 4.74 Å². The summed E-state index contributed by atoms with van der Waals surface area (Å²) in [6.45, 7) is 11.1. The largest absolute Gasteiger partial charge is 0.381 e. The Balaban J connectivity index is 1.98. The summed E-state index contributed by atoms with van der Waals surface area (Å²) in [5.41, 5.74) is 0.269. The molecular weight excluding hydrogens is 188 g/mol. The van der Waals surface area contributed by atoms with Gasteiger partial charge in [0.15, 0.2) is 0 Å². The predicted molar refractivity (Wildman–Crippen MR) is 62.1 cm³/mol. The van der Waals surface area contributed by atoms with E-state index in [1.54, 1.807) is 0 Å². The van der Waals surface area contributed by atoms with Crippen LogP contribution in [0.4, 0.5) is 0 Å². The maximum atomic E-state index is 5.44. The van der Waals surface area contributed by atoms with Crippen molar-refractivity contribution in [3.63, 3.8) is 0 Å². The first kappa shape index (κ1) is 11.4. The molecule has 2 heterocycles. The fourth-order valence-corrected chi connectivity index (χ4v) is 2.72. The standard InChI is InChI=1S/C12H24N2O/c1-10-8-13-12(2,3)9-14(10)11-4-6-15-7-5-11/h10-11,13H,4-9H2,1-3H3. The topological polar surface area (TPSA) is 24.5 Å². The van der Waals surface area contributed by atoms with Gasteiger partial charge in [-0.25, -0.2) is 0 Å². The van der Waals surface area contributed by atoms with Gasteiger partial charge in [0.2, 0.25) is 0 Å². The van der Waals surface area contributed by atoms with Crippen LogP contribution in [0.5, 0.6) is 0 Å². The molecule has 0 radical (unpaired) electrons. The number of piperazine rings is 1. The molecule has 2 fully saturated rings. The Kier molecular flexibility index (Phi) is 3.33. The van der Waals surface area contributed by atoms with E-state index in [0.717, 1.165) is 25.8 Å². The molecule has 0 bridgehead atoms. The van der Waals surface area contributed by atoms with Gasteiger partial charge < -0.3 is 10.1 Å². The zero-order valence-corrected chi connectivity index (χ0v) is 10.3. The van der Waals surface area contributed by atoms with Crippen molar-refractivity contribution >= 4 is 0 Å². The van der Waals surface area contributed by atoms with Crippen LogP contribution in [0.2, 0.25) is 0 Å². The van der Waals surface area contributed by atoms with E-state index in [2.05, 4.69) is 31.0 Å². The lowest BCUT2D eigenvalue weighted by atomic mass is 9.95. The van der Waals surface area contributed by atoms with Crippen molar-refractivity contribution in [3.05, 3.63) is 0 Å². The van der Waals surface area contributed by atoms with Crippen LogP contribution in [-0.4, -0.2) is 48.8 Å². The zero-order chi connectivity index (χ0) is 10.9. The van der Waals surface area contributed by atoms with Gasteiger partial charge in [-0.05, 0) is 33.6 Å². The molecule has 3 nitrogen and oxygen atoms in total. The molecule has 0 aromatic carbocycles. The van der Waals surface area contributed by atoms with Gasteiger partial charge in [-0.15, -0.1) is 0 Å². The van der Waals surface area contributed by atoms with Crippen molar-refractivity contribution in [2.45, 2.75) is 51.2 Å². The number of nitrogens with zero attached hydrogens (tertiary/aromatic N) is 1. The summed E-state index contributed by atoms with van der Waals surface area (Å²) in [6, 6.07) is 1.41. The van der Waals surface area contributed by atoms with Crippen LogP contribution < -0.4 is 5.32 Å². The SMILES string of the molecule is CC1CNC(C)(C)CN1C1CCOCC1. The van der Waals surface area contributed by atoms with E-state index >= 15 is 0 Å². The van der Waals surface area contributed by atoms with E-state index in [4.69, 9.17) is 4.74 Å². The summed E-state index contributed by atoms with van der Waals surface area (Å²) in [4.78, 5) is 2.68. The quantitative estimate of drug-likeness (QED) is 0.708. The molecule has 0 aliphatic carbocycles. The highest BCUT2D eigenvalue weighted by molar-refractivity contribution is 4.93. The van der Waals surface area contributed by atoms with Crippen LogP contribution in [0.15, 0.2) is 0 Å². The first-order chi connectivity index (χ1) is 7.08. The molecule has 0 aromatic heterocycles. The Morgan fingerprint density at radius 2 is 1.93 bits per heavy atom. The van der Waals surface area contributed by atoms with E-state index in [0.29, 0.717) is 6.04 Å². The Bertz CT molecular complexity index is 212. The molecule has 1 N–H and O–H groups in total. The summed E-state index contributed by atoms with van der Waals surface area (Å²) >= 11 is 0. The second-order valence-corrected chi connectivity index (χ2v) is 5.63. The predicted octanol–water partition coefficient (Wildman–Crippen LogP) is 1.24. The summed E-state index contributed by atoms with van der Waals surface area (Å²) in [6.07, 6.45) is 2.42. The van der Waals surface area contributed by atoms with E-state index in [1.807, 2.05) is 0 Å². The van der Waals surface area contributed by atoms with Crippen molar-refractivity contribution in [1.82, 2.24) is 10.2 Å². The van der Waals surface area contributed by atoms with Gasteiger partial charge in [0.25, 0.3) is 0 Å². The van der Waals surface area contributed by atoms with E-state index in [9.17, 15) is 0 Å². The zero-order valence-electron chi connectivity index (χ0n) is 10.3. The lowest BCUT2D eigenvalue weighted by molar-refractivity contribution is -0.00632. The second-order valence-electron chi connectivity index (χ2n) is 5.63. The minimum atomic E-state index is 0.269. The third kappa shape index (κ3) is 2.71. The molecule has 2 aliphatic rings. The molecule has 1 atom stereocenters. The van der Waals surface area contributed by atoms with Crippen molar-refractivity contribution in [3.8, 4) is 0 Å². The monoisotopic (exact) mass is 212 g/mol. The van der Waals surface area contributed by atoms with Gasteiger partial charge >= 0.3 is 0 Å². The third-order valence-electron chi connectivity index (χ3n) is 3.68. The van der Waals surface area contributed by atoms with Gasteiger partial charge in [0.1, 0.15) is 0 Å². The molecule has 88 valence electrons. The van der Waals surface area contributed by atoms with Gasteiger partial charge in [-0.1, -0.05) is 0 Å². The van der Waals surface area contributed by atoms with Crippen LogP contribution in [0, 0.1) is 0 Å². The molecule has 3 heteroatoms. The minimum absolute atomic E-state index is 0.269. The number of hydrogen-bond acceptors (Lipinski definition) is 3. The van der Waals surface area contributed by atoms with Crippen molar-refractivity contribution < 1.29 is 4.74 Å². The van der Waals surface area contributed by atoms with E-state index < -0.39 is 0 Å². The average molecular weight is 212 g/mol. The third-order valence-corrected chi connectivity index (χ3v) is 3.68. The summed E-state index contributed by atoms with van der Waals surface area (Å²) in [5, 5.41) is 3.60. The van der Waals surface area contributed by atoms with Gasteiger partial charge in [-0.2, -0.15) is 0 Å². The lowest BCUT2D eigenvalue weighted by Crippen LogP contribution is -2.63. The normalized spacial score (nSPS) is 34.2. The Morgan fingerprint density at radius 1 is 1.27 bits per heavy atom. The van der Waals surface area contributed by atoms with E-state index in [1.165, 1.54) is 19.4 Å². The van der Waals surface area contributed by atoms with Crippen LogP contribution >= 0.6 is 0 Å². The highest BCUT2D eigenvalue weighted by atomic mass is 16.5. The highest BCUT2D eigenvalue weighted by Gasteiger charge is 2.34.